The standard InChI is InChI=1S/C17H27N3O/c1-4-5-11-19(3)14(2)17-18-15-9-6-7-10-16(15)20(17)12-8-13-21/h6-7,9-10,14,21H,4-5,8,11-13H2,1-3H3. The molecule has 0 aliphatic carbocycles. The van der Waals surface area contributed by atoms with Gasteiger partial charge in [0.25, 0.3) is 0 Å². The number of aliphatic hydroxyl groups is 1. The van der Waals surface area contributed by atoms with Gasteiger partial charge in [0, 0.05) is 13.2 Å². The molecule has 1 aromatic carbocycles. The molecule has 0 radical (unpaired) electrons. The number of imidazole rings is 1. The molecule has 2 aromatic rings. The molecule has 1 N–H and O–H groups in total. The number of hydrogen-bond donors (Lipinski definition) is 1. The summed E-state index contributed by atoms with van der Waals surface area (Å²) >= 11 is 0. The van der Waals surface area contributed by atoms with Gasteiger partial charge >= 0.3 is 0 Å². The number of para-hydroxylation sites is 2. The molecule has 0 amide bonds. The van der Waals surface area contributed by atoms with Crippen molar-refractivity contribution in [2.75, 3.05) is 20.2 Å². The van der Waals surface area contributed by atoms with E-state index >= 15 is 0 Å². The first-order valence-electron chi connectivity index (χ1n) is 7.95. The summed E-state index contributed by atoms with van der Waals surface area (Å²) in [5.74, 6) is 1.10. The number of rotatable bonds is 8. The average Bonchev–Trinajstić information content (AvgIpc) is 2.88. The van der Waals surface area contributed by atoms with Gasteiger partial charge in [-0.2, -0.15) is 0 Å². The Bertz CT molecular complexity index is 564. The first-order chi connectivity index (χ1) is 10.2. The average molecular weight is 289 g/mol. The highest BCUT2D eigenvalue weighted by Crippen LogP contribution is 2.24. The third-order valence-electron chi connectivity index (χ3n) is 4.12. The largest absolute Gasteiger partial charge is 0.396 e. The van der Waals surface area contributed by atoms with Crippen molar-refractivity contribution in [3.05, 3.63) is 30.1 Å². The van der Waals surface area contributed by atoms with Gasteiger partial charge in [-0.05, 0) is 45.5 Å². The van der Waals surface area contributed by atoms with Gasteiger partial charge in [0.05, 0.1) is 17.1 Å². The molecule has 1 atom stereocenters. The van der Waals surface area contributed by atoms with Crippen molar-refractivity contribution in [3.8, 4) is 0 Å². The Morgan fingerprint density at radius 1 is 1.29 bits per heavy atom. The summed E-state index contributed by atoms with van der Waals surface area (Å²) in [6, 6.07) is 8.53. The molecule has 4 nitrogen and oxygen atoms in total. The molecule has 0 bridgehead atoms. The van der Waals surface area contributed by atoms with Crippen LogP contribution in [0.15, 0.2) is 24.3 Å². The summed E-state index contributed by atoms with van der Waals surface area (Å²) in [7, 11) is 2.16. The normalized spacial score (nSPS) is 13.2. The second kappa shape index (κ2) is 7.57. The van der Waals surface area contributed by atoms with Crippen LogP contribution in [0.3, 0.4) is 0 Å². The van der Waals surface area contributed by atoms with Gasteiger partial charge in [0.15, 0.2) is 0 Å². The second-order valence-electron chi connectivity index (χ2n) is 5.70. The molecule has 1 unspecified atom stereocenters. The van der Waals surface area contributed by atoms with Gasteiger partial charge in [-0.15, -0.1) is 0 Å². The van der Waals surface area contributed by atoms with Crippen LogP contribution in [-0.2, 0) is 6.54 Å². The van der Waals surface area contributed by atoms with Crippen molar-refractivity contribution in [3.63, 3.8) is 0 Å². The molecule has 21 heavy (non-hydrogen) atoms. The monoisotopic (exact) mass is 289 g/mol. The van der Waals surface area contributed by atoms with Crippen LogP contribution in [-0.4, -0.2) is 39.8 Å². The Hall–Kier alpha value is -1.39. The van der Waals surface area contributed by atoms with Gasteiger partial charge in [-0.3, -0.25) is 4.90 Å². The quantitative estimate of drug-likeness (QED) is 0.811. The third kappa shape index (κ3) is 3.63. The van der Waals surface area contributed by atoms with Crippen LogP contribution in [0.2, 0.25) is 0 Å². The minimum Gasteiger partial charge on any atom is -0.396 e. The Balaban J connectivity index is 2.32. The number of unbranched alkanes of at least 4 members (excludes halogenated alkanes) is 1. The van der Waals surface area contributed by atoms with Crippen LogP contribution in [0.25, 0.3) is 11.0 Å². The number of hydrogen-bond acceptors (Lipinski definition) is 3. The number of nitrogens with zero attached hydrogens (tertiary/aromatic N) is 3. The van der Waals surface area contributed by atoms with E-state index in [9.17, 15) is 0 Å². The molecule has 0 fully saturated rings. The second-order valence-corrected chi connectivity index (χ2v) is 5.70. The van der Waals surface area contributed by atoms with E-state index in [0.717, 1.165) is 36.4 Å². The lowest BCUT2D eigenvalue weighted by Gasteiger charge is -2.25. The summed E-state index contributed by atoms with van der Waals surface area (Å²) in [6.07, 6.45) is 3.18. The minimum absolute atomic E-state index is 0.214. The van der Waals surface area contributed by atoms with Gasteiger partial charge < -0.3 is 9.67 Å². The summed E-state index contributed by atoms with van der Waals surface area (Å²) in [4.78, 5) is 7.20. The molecule has 0 saturated heterocycles. The number of fused-ring (bicyclic) bond motifs is 1. The van der Waals surface area contributed by atoms with Crippen molar-refractivity contribution < 1.29 is 5.11 Å². The fourth-order valence-electron chi connectivity index (χ4n) is 2.68. The maximum atomic E-state index is 9.15. The van der Waals surface area contributed by atoms with E-state index in [-0.39, 0.29) is 12.6 Å². The van der Waals surface area contributed by atoms with Crippen molar-refractivity contribution in [1.82, 2.24) is 14.5 Å². The van der Waals surface area contributed by atoms with E-state index in [4.69, 9.17) is 10.1 Å². The van der Waals surface area contributed by atoms with E-state index in [2.05, 4.69) is 48.6 Å². The Morgan fingerprint density at radius 3 is 2.76 bits per heavy atom. The topological polar surface area (TPSA) is 41.3 Å². The first-order valence-corrected chi connectivity index (χ1v) is 7.95. The summed E-state index contributed by atoms with van der Waals surface area (Å²) in [5.41, 5.74) is 2.21. The van der Waals surface area contributed by atoms with Gasteiger partial charge in [-0.25, -0.2) is 4.98 Å². The highest BCUT2D eigenvalue weighted by atomic mass is 16.3. The fourth-order valence-corrected chi connectivity index (χ4v) is 2.68. The van der Waals surface area contributed by atoms with Crippen LogP contribution in [0, 0.1) is 0 Å². The van der Waals surface area contributed by atoms with Crippen LogP contribution < -0.4 is 0 Å². The first kappa shape index (κ1) is 16.0. The van der Waals surface area contributed by atoms with Gasteiger partial charge in [0.1, 0.15) is 5.82 Å². The van der Waals surface area contributed by atoms with Crippen LogP contribution in [0.4, 0.5) is 0 Å². The van der Waals surface area contributed by atoms with Gasteiger partial charge in [-0.1, -0.05) is 25.5 Å². The van der Waals surface area contributed by atoms with Crippen molar-refractivity contribution in [2.24, 2.45) is 0 Å². The lowest BCUT2D eigenvalue weighted by atomic mass is 10.2. The van der Waals surface area contributed by atoms with Crippen LogP contribution in [0.1, 0.15) is 45.0 Å². The van der Waals surface area contributed by atoms with Crippen LogP contribution in [0.5, 0.6) is 0 Å². The zero-order valence-corrected chi connectivity index (χ0v) is 13.4. The zero-order chi connectivity index (χ0) is 15.2. The molecule has 2 rings (SSSR count). The van der Waals surface area contributed by atoms with E-state index in [0.29, 0.717) is 0 Å². The predicted octanol–water partition coefficient (Wildman–Crippen LogP) is 3.21. The van der Waals surface area contributed by atoms with Crippen LogP contribution >= 0.6 is 0 Å². The molecule has 116 valence electrons. The van der Waals surface area contributed by atoms with E-state index in [1.54, 1.807) is 0 Å². The SMILES string of the molecule is CCCCN(C)C(C)c1nc2ccccc2n1CCCO. The number of aliphatic hydroxyl groups excluding tert-OH is 1. The molecule has 0 spiro atoms. The number of aryl methyl sites for hydroxylation is 1. The van der Waals surface area contributed by atoms with Crippen molar-refractivity contribution >= 4 is 11.0 Å². The molecular formula is C17H27N3O. The van der Waals surface area contributed by atoms with E-state index < -0.39 is 0 Å². The molecule has 4 heteroatoms. The fraction of sp³-hybridized carbons (Fsp3) is 0.588. The molecule has 0 saturated carbocycles. The van der Waals surface area contributed by atoms with Crippen molar-refractivity contribution in [2.45, 2.75) is 45.7 Å². The van der Waals surface area contributed by atoms with E-state index in [1.807, 2.05) is 6.07 Å². The minimum atomic E-state index is 0.214. The molecule has 1 aromatic heterocycles. The maximum absolute atomic E-state index is 9.15. The third-order valence-corrected chi connectivity index (χ3v) is 4.12. The lowest BCUT2D eigenvalue weighted by molar-refractivity contribution is 0.239. The molecule has 0 aliphatic heterocycles. The summed E-state index contributed by atoms with van der Waals surface area (Å²) in [5, 5.41) is 9.15. The smallest absolute Gasteiger partial charge is 0.127 e. The summed E-state index contributed by atoms with van der Waals surface area (Å²) < 4.78 is 2.26. The Kier molecular flexibility index (Phi) is 5.76. The maximum Gasteiger partial charge on any atom is 0.127 e. The van der Waals surface area contributed by atoms with Crippen molar-refractivity contribution in [1.29, 1.82) is 0 Å². The number of aromatic nitrogens is 2. The Morgan fingerprint density at radius 2 is 2.05 bits per heavy atom. The molecular weight excluding hydrogens is 262 g/mol. The Labute approximate surface area is 127 Å². The highest BCUT2D eigenvalue weighted by Gasteiger charge is 2.19. The molecule has 0 aliphatic rings. The molecule has 1 heterocycles. The lowest BCUT2D eigenvalue weighted by Crippen LogP contribution is -2.26. The zero-order valence-electron chi connectivity index (χ0n) is 13.4. The van der Waals surface area contributed by atoms with Gasteiger partial charge in [0.2, 0.25) is 0 Å². The predicted molar refractivity (Wildman–Crippen MR) is 87.4 cm³/mol. The number of benzene rings is 1. The summed E-state index contributed by atoms with van der Waals surface area (Å²) in [6.45, 7) is 6.55. The highest BCUT2D eigenvalue weighted by molar-refractivity contribution is 5.76. The van der Waals surface area contributed by atoms with E-state index in [1.165, 1.54) is 12.8 Å².